The standard InChI is InChI=1S/C22H27F2N3O2/c1-22(2,3)26-21(29)15-11-9-14(10-12-15)20(28)25-13-18(27(4)5)19-16(23)7-6-8-17(19)24/h6-12,18H,13H2,1-5H3,(H,25,28)(H,26,29). The fourth-order valence-electron chi connectivity index (χ4n) is 2.85. The summed E-state index contributed by atoms with van der Waals surface area (Å²) in [7, 11) is 3.37. The van der Waals surface area contributed by atoms with Gasteiger partial charge in [-0.05, 0) is 71.3 Å². The molecule has 0 heterocycles. The lowest BCUT2D eigenvalue weighted by Gasteiger charge is -2.26. The Bertz CT molecular complexity index is 854. The van der Waals surface area contributed by atoms with E-state index < -0.39 is 23.6 Å². The molecular weight excluding hydrogens is 376 g/mol. The zero-order valence-electron chi connectivity index (χ0n) is 17.3. The SMILES string of the molecule is CN(C)C(CNC(=O)c1ccc(C(=O)NC(C)(C)C)cc1)c1c(F)cccc1F. The highest BCUT2D eigenvalue weighted by Gasteiger charge is 2.23. The molecule has 0 aliphatic heterocycles. The number of likely N-dealkylation sites (N-methyl/N-ethyl adjacent to an activating group) is 1. The Morgan fingerprint density at radius 3 is 1.86 bits per heavy atom. The van der Waals surface area contributed by atoms with Crippen LogP contribution in [0.1, 0.15) is 53.1 Å². The Kier molecular flexibility index (Phi) is 7.08. The first-order valence-electron chi connectivity index (χ1n) is 9.30. The number of hydrogen-bond donors (Lipinski definition) is 2. The monoisotopic (exact) mass is 403 g/mol. The van der Waals surface area contributed by atoms with Gasteiger partial charge in [0, 0.05) is 28.8 Å². The van der Waals surface area contributed by atoms with Crippen LogP contribution in [0, 0.1) is 11.6 Å². The topological polar surface area (TPSA) is 61.4 Å². The minimum atomic E-state index is -0.669. The third kappa shape index (κ3) is 6.09. The molecule has 2 amide bonds. The summed E-state index contributed by atoms with van der Waals surface area (Å²) in [5, 5.41) is 5.56. The van der Waals surface area contributed by atoms with Crippen molar-refractivity contribution in [3.63, 3.8) is 0 Å². The number of hydrogen-bond acceptors (Lipinski definition) is 3. The van der Waals surface area contributed by atoms with Crippen molar-refractivity contribution in [2.45, 2.75) is 32.4 Å². The summed E-state index contributed by atoms with van der Waals surface area (Å²) in [4.78, 5) is 26.3. The summed E-state index contributed by atoms with van der Waals surface area (Å²) >= 11 is 0. The summed E-state index contributed by atoms with van der Waals surface area (Å²) in [5.74, 6) is -1.94. The van der Waals surface area contributed by atoms with Crippen molar-refractivity contribution in [2.24, 2.45) is 0 Å². The molecule has 1 unspecified atom stereocenters. The van der Waals surface area contributed by atoms with Crippen molar-refractivity contribution in [2.75, 3.05) is 20.6 Å². The number of amides is 2. The Morgan fingerprint density at radius 2 is 1.41 bits per heavy atom. The lowest BCUT2D eigenvalue weighted by Crippen LogP contribution is -2.40. The average Bonchev–Trinajstić information content (AvgIpc) is 2.62. The molecule has 2 N–H and O–H groups in total. The van der Waals surface area contributed by atoms with Crippen LogP contribution in [-0.2, 0) is 0 Å². The van der Waals surface area contributed by atoms with Crippen LogP contribution in [0.15, 0.2) is 42.5 Å². The molecule has 0 aromatic heterocycles. The Labute approximate surface area is 170 Å². The quantitative estimate of drug-likeness (QED) is 0.776. The van der Waals surface area contributed by atoms with Gasteiger partial charge in [0.25, 0.3) is 11.8 Å². The van der Waals surface area contributed by atoms with Gasteiger partial charge in [-0.3, -0.25) is 9.59 Å². The lowest BCUT2D eigenvalue weighted by molar-refractivity contribution is 0.0913. The van der Waals surface area contributed by atoms with Crippen LogP contribution in [0.5, 0.6) is 0 Å². The van der Waals surface area contributed by atoms with Gasteiger partial charge in [-0.2, -0.15) is 0 Å². The van der Waals surface area contributed by atoms with Gasteiger partial charge in [-0.15, -0.1) is 0 Å². The molecule has 5 nitrogen and oxygen atoms in total. The third-order valence-corrected chi connectivity index (χ3v) is 4.31. The molecule has 7 heteroatoms. The van der Waals surface area contributed by atoms with Crippen LogP contribution in [-0.4, -0.2) is 42.9 Å². The van der Waals surface area contributed by atoms with Crippen LogP contribution in [0.4, 0.5) is 8.78 Å². The molecular formula is C22H27F2N3O2. The molecule has 2 aromatic rings. The predicted molar refractivity (Wildman–Crippen MR) is 109 cm³/mol. The molecule has 29 heavy (non-hydrogen) atoms. The fourth-order valence-corrected chi connectivity index (χ4v) is 2.85. The second kappa shape index (κ2) is 9.13. The number of nitrogens with one attached hydrogen (secondary N) is 2. The molecule has 0 saturated carbocycles. The molecule has 156 valence electrons. The molecule has 0 fully saturated rings. The van der Waals surface area contributed by atoms with E-state index in [2.05, 4.69) is 10.6 Å². The van der Waals surface area contributed by atoms with E-state index in [0.717, 1.165) is 0 Å². The number of halogens is 2. The molecule has 0 aliphatic carbocycles. The summed E-state index contributed by atoms with van der Waals surface area (Å²) in [5.41, 5.74) is 0.336. The molecule has 2 aromatic carbocycles. The molecule has 1 atom stereocenters. The Balaban J connectivity index is 2.08. The smallest absolute Gasteiger partial charge is 0.251 e. The molecule has 0 aliphatic rings. The van der Waals surface area contributed by atoms with E-state index in [1.165, 1.54) is 18.2 Å². The van der Waals surface area contributed by atoms with Crippen molar-refractivity contribution in [1.82, 2.24) is 15.5 Å². The number of benzene rings is 2. The molecule has 0 spiro atoms. The molecule has 2 rings (SSSR count). The summed E-state index contributed by atoms with van der Waals surface area (Å²) in [6.07, 6.45) is 0. The minimum absolute atomic E-state index is 0.0238. The van der Waals surface area contributed by atoms with Crippen LogP contribution < -0.4 is 10.6 Å². The van der Waals surface area contributed by atoms with Gasteiger partial charge in [0.1, 0.15) is 11.6 Å². The zero-order valence-corrected chi connectivity index (χ0v) is 17.3. The Morgan fingerprint density at radius 1 is 0.931 bits per heavy atom. The van der Waals surface area contributed by atoms with Gasteiger partial charge in [-0.25, -0.2) is 8.78 Å². The number of carbonyl (C=O) groups excluding carboxylic acids is 2. The predicted octanol–water partition coefficient (Wildman–Crippen LogP) is 3.53. The lowest BCUT2D eigenvalue weighted by atomic mass is 10.0. The summed E-state index contributed by atoms with van der Waals surface area (Å²) < 4.78 is 28.3. The first kappa shape index (κ1) is 22.5. The highest BCUT2D eigenvalue weighted by Crippen LogP contribution is 2.24. The van der Waals surface area contributed by atoms with Gasteiger partial charge < -0.3 is 15.5 Å². The maximum atomic E-state index is 14.1. The highest BCUT2D eigenvalue weighted by atomic mass is 19.1. The second-order valence-electron chi connectivity index (χ2n) is 8.11. The maximum absolute atomic E-state index is 14.1. The van der Waals surface area contributed by atoms with Crippen LogP contribution >= 0.6 is 0 Å². The van der Waals surface area contributed by atoms with Crippen LogP contribution in [0.2, 0.25) is 0 Å². The third-order valence-electron chi connectivity index (χ3n) is 4.31. The molecule has 0 radical (unpaired) electrons. The first-order chi connectivity index (χ1) is 13.5. The Hall–Kier alpha value is -2.80. The van der Waals surface area contributed by atoms with E-state index in [-0.39, 0.29) is 23.6 Å². The maximum Gasteiger partial charge on any atom is 0.251 e. The number of carbonyl (C=O) groups is 2. The largest absolute Gasteiger partial charge is 0.350 e. The summed E-state index contributed by atoms with van der Waals surface area (Å²) in [6.45, 7) is 5.67. The zero-order chi connectivity index (χ0) is 21.8. The van der Waals surface area contributed by atoms with E-state index in [4.69, 9.17) is 0 Å². The van der Waals surface area contributed by atoms with Crippen molar-refractivity contribution >= 4 is 11.8 Å². The molecule has 0 bridgehead atoms. The van der Waals surface area contributed by atoms with E-state index in [1.54, 1.807) is 43.3 Å². The van der Waals surface area contributed by atoms with Gasteiger partial charge in [-0.1, -0.05) is 6.07 Å². The second-order valence-corrected chi connectivity index (χ2v) is 8.11. The van der Waals surface area contributed by atoms with Gasteiger partial charge >= 0.3 is 0 Å². The average molecular weight is 403 g/mol. The number of nitrogens with zero attached hydrogens (tertiary/aromatic N) is 1. The van der Waals surface area contributed by atoms with E-state index in [0.29, 0.717) is 11.1 Å². The van der Waals surface area contributed by atoms with Crippen molar-refractivity contribution in [3.05, 3.63) is 70.8 Å². The fraction of sp³-hybridized carbons (Fsp3) is 0.364. The van der Waals surface area contributed by atoms with Gasteiger partial charge in [0.05, 0.1) is 6.04 Å². The summed E-state index contributed by atoms with van der Waals surface area (Å²) in [6, 6.07) is 9.23. The van der Waals surface area contributed by atoms with Crippen LogP contribution in [0.3, 0.4) is 0 Å². The van der Waals surface area contributed by atoms with Crippen molar-refractivity contribution < 1.29 is 18.4 Å². The van der Waals surface area contributed by atoms with Crippen molar-refractivity contribution in [3.8, 4) is 0 Å². The number of rotatable bonds is 6. The molecule has 0 saturated heterocycles. The normalized spacial score (nSPS) is 12.6. The van der Waals surface area contributed by atoms with E-state index >= 15 is 0 Å². The van der Waals surface area contributed by atoms with Gasteiger partial charge in [0.15, 0.2) is 0 Å². The first-order valence-corrected chi connectivity index (χ1v) is 9.30. The van der Waals surface area contributed by atoms with Gasteiger partial charge in [0.2, 0.25) is 0 Å². The van der Waals surface area contributed by atoms with Crippen molar-refractivity contribution in [1.29, 1.82) is 0 Å². The van der Waals surface area contributed by atoms with E-state index in [1.807, 2.05) is 20.8 Å². The van der Waals surface area contributed by atoms with E-state index in [9.17, 15) is 18.4 Å². The minimum Gasteiger partial charge on any atom is -0.350 e. The van der Waals surface area contributed by atoms with Crippen LogP contribution in [0.25, 0.3) is 0 Å². The highest BCUT2D eigenvalue weighted by molar-refractivity contribution is 5.98.